The van der Waals surface area contributed by atoms with E-state index in [9.17, 15) is 14.4 Å². The Kier molecular flexibility index (Phi) is 4.22. The van der Waals surface area contributed by atoms with Gasteiger partial charge in [-0.05, 0) is 26.2 Å². The highest BCUT2D eigenvalue weighted by molar-refractivity contribution is 6.16. The van der Waals surface area contributed by atoms with Crippen LogP contribution in [0.5, 0.6) is 0 Å². The van der Waals surface area contributed by atoms with Gasteiger partial charge in [0.05, 0.1) is 0 Å². The quantitative estimate of drug-likeness (QED) is 0.417. The molecule has 4 amide bonds. The van der Waals surface area contributed by atoms with Gasteiger partial charge in [0.2, 0.25) is 11.8 Å². The van der Waals surface area contributed by atoms with Crippen molar-refractivity contribution in [2.45, 2.75) is 32.6 Å². The molecule has 0 unspecified atom stereocenters. The number of urea groups is 1. The summed E-state index contributed by atoms with van der Waals surface area (Å²) in [6, 6.07) is -0.729. The molecule has 0 aromatic carbocycles. The fraction of sp³-hybridized carbons (Fsp3) is 0.545. The van der Waals surface area contributed by atoms with Gasteiger partial charge >= 0.3 is 6.03 Å². The minimum Gasteiger partial charge on any atom is -0.277 e. The molecule has 0 bridgehead atoms. The Morgan fingerprint density at radius 1 is 1.19 bits per heavy atom. The molecule has 16 heavy (non-hydrogen) atoms. The maximum absolute atomic E-state index is 11.3. The second kappa shape index (κ2) is 5.44. The van der Waals surface area contributed by atoms with Gasteiger partial charge in [0, 0.05) is 0 Å². The van der Waals surface area contributed by atoms with E-state index in [1.807, 2.05) is 6.92 Å². The summed E-state index contributed by atoms with van der Waals surface area (Å²) in [5.74, 6) is -1.73. The third-order valence-corrected chi connectivity index (χ3v) is 2.45. The van der Waals surface area contributed by atoms with Crippen molar-refractivity contribution in [1.29, 1.82) is 0 Å². The van der Waals surface area contributed by atoms with E-state index in [1.54, 1.807) is 0 Å². The highest BCUT2D eigenvalue weighted by atomic mass is 16.2. The van der Waals surface area contributed by atoms with Crippen LogP contribution in [-0.4, -0.2) is 17.8 Å². The van der Waals surface area contributed by atoms with E-state index in [0.29, 0.717) is 6.42 Å². The molecular weight excluding hydrogens is 208 g/mol. The van der Waals surface area contributed by atoms with Crippen molar-refractivity contribution in [2.24, 2.45) is 5.92 Å². The third-order valence-electron chi connectivity index (χ3n) is 2.45. The van der Waals surface area contributed by atoms with Gasteiger partial charge in [-0.15, -0.1) is 6.58 Å². The lowest BCUT2D eigenvalue weighted by Gasteiger charge is -2.20. The van der Waals surface area contributed by atoms with Crippen LogP contribution < -0.4 is 10.6 Å². The van der Waals surface area contributed by atoms with Crippen LogP contribution in [0.15, 0.2) is 12.2 Å². The number of allylic oxidation sites excluding steroid dienone is 1. The monoisotopic (exact) mass is 224 g/mol. The van der Waals surface area contributed by atoms with Crippen LogP contribution in [0.1, 0.15) is 32.6 Å². The summed E-state index contributed by atoms with van der Waals surface area (Å²) in [5.41, 5.74) is 1.09. The normalized spacial score (nSPS) is 16.9. The number of amides is 4. The Morgan fingerprint density at radius 3 is 2.25 bits per heavy atom. The molecule has 0 aromatic rings. The van der Waals surface area contributed by atoms with E-state index >= 15 is 0 Å². The first-order valence-electron chi connectivity index (χ1n) is 5.31. The lowest BCUT2D eigenvalue weighted by atomic mass is 9.97. The van der Waals surface area contributed by atoms with Gasteiger partial charge in [-0.25, -0.2) is 4.79 Å². The molecule has 1 aliphatic heterocycles. The minimum atomic E-state index is -0.733. The highest BCUT2D eigenvalue weighted by Gasteiger charge is 2.33. The molecule has 1 aliphatic rings. The molecule has 5 heteroatoms. The summed E-state index contributed by atoms with van der Waals surface area (Å²) < 4.78 is 0. The van der Waals surface area contributed by atoms with Crippen molar-refractivity contribution in [3.8, 4) is 0 Å². The minimum absolute atomic E-state index is 0.470. The first kappa shape index (κ1) is 12.4. The summed E-state index contributed by atoms with van der Waals surface area (Å²) in [4.78, 5) is 33.4. The first-order chi connectivity index (χ1) is 7.50. The van der Waals surface area contributed by atoms with Crippen molar-refractivity contribution in [1.82, 2.24) is 10.6 Å². The van der Waals surface area contributed by atoms with Gasteiger partial charge in [0.15, 0.2) is 0 Å². The van der Waals surface area contributed by atoms with Gasteiger partial charge in [0.25, 0.3) is 0 Å². The average Bonchev–Trinajstić information content (AvgIpc) is 2.14. The number of imide groups is 2. The number of hydrogen-bond donors (Lipinski definition) is 2. The molecule has 2 N–H and O–H groups in total. The second-order valence-electron chi connectivity index (χ2n) is 4.06. The molecule has 1 fully saturated rings. The molecule has 88 valence electrons. The molecule has 5 nitrogen and oxygen atoms in total. The van der Waals surface area contributed by atoms with Gasteiger partial charge in [-0.1, -0.05) is 12.0 Å². The summed E-state index contributed by atoms with van der Waals surface area (Å²) in [5, 5.41) is 4.16. The predicted octanol–water partition coefficient (Wildman–Crippen LogP) is 1.11. The lowest BCUT2D eigenvalue weighted by molar-refractivity contribution is -0.136. The van der Waals surface area contributed by atoms with E-state index < -0.39 is 23.8 Å². The Bertz CT molecular complexity index is 316. The Morgan fingerprint density at radius 2 is 1.75 bits per heavy atom. The molecule has 0 atom stereocenters. The van der Waals surface area contributed by atoms with Crippen molar-refractivity contribution >= 4 is 17.8 Å². The van der Waals surface area contributed by atoms with Crippen LogP contribution in [0.3, 0.4) is 0 Å². The van der Waals surface area contributed by atoms with E-state index in [0.717, 1.165) is 24.8 Å². The van der Waals surface area contributed by atoms with Crippen LogP contribution in [0.25, 0.3) is 0 Å². The fourth-order valence-electron chi connectivity index (χ4n) is 1.59. The number of barbiturate groups is 1. The molecular formula is C11H16N2O3. The second-order valence-corrected chi connectivity index (χ2v) is 4.06. The van der Waals surface area contributed by atoms with Crippen molar-refractivity contribution in [3.63, 3.8) is 0 Å². The van der Waals surface area contributed by atoms with Gasteiger partial charge < -0.3 is 0 Å². The van der Waals surface area contributed by atoms with Crippen LogP contribution in [0.2, 0.25) is 0 Å². The lowest BCUT2D eigenvalue weighted by Crippen LogP contribution is -2.55. The van der Waals surface area contributed by atoms with Crippen LogP contribution in [0, 0.1) is 5.92 Å². The van der Waals surface area contributed by atoms with Crippen LogP contribution >= 0.6 is 0 Å². The van der Waals surface area contributed by atoms with Gasteiger partial charge in [-0.2, -0.15) is 0 Å². The Balaban J connectivity index is 2.35. The Labute approximate surface area is 94.3 Å². The zero-order valence-electron chi connectivity index (χ0n) is 9.34. The fourth-order valence-corrected chi connectivity index (χ4v) is 1.59. The molecule has 1 heterocycles. The van der Waals surface area contributed by atoms with Crippen molar-refractivity contribution in [3.05, 3.63) is 12.2 Å². The number of carbonyl (C=O) groups is 3. The average molecular weight is 224 g/mol. The zero-order valence-corrected chi connectivity index (χ0v) is 9.34. The number of carbonyl (C=O) groups excluding carboxylic acids is 3. The molecule has 0 aromatic heterocycles. The van der Waals surface area contributed by atoms with Crippen LogP contribution in [-0.2, 0) is 9.59 Å². The summed E-state index contributed by atoms with van der Waals surface area (Å²) in [6.07, 6.45) is 3.04. The van der Waals surface area contributed by atoms with E-state index in [4.69, 9.17) is 0 Å². The molecule has 0 aliphatic carbocycles. The Hall–Kier alpha value is -1.65. The van der Waals surface area contributed by atoms with Crippen molar-refractivity contribution < 1.29 is 14.4 Å². The number of rotatable bonds is 5. The topological polar surface area (TPSA) is 75.3 Å². The molecule has 0 spiro atoms. The maximum atomic E-state index is 11.3. The molecule has 1 saturated heterocycles. The SMILES string of the molecule is C=C(C)CCCCC1C(=O)NC(=O)NC1=O. The largest absolute Gasteiger partial charge is 0.328 e. The third kappa shape index (κ3) is 3.49. The predicted molar refractivity (Wildman–Crippen MR) is 58.5 cm³/mol. The number of unbranched alkanes of at least 4 members (excludes halogenated alkanes) is 1. The number of nitrogens with one attached hydrogen (secondary N) is 2. The van der Waals surface area contributed by atoms with E-state index in [-0.39, 0.29) is 0 Å². The zero-order chi connectivity index (χ0) is 12.1. The van der Waals surface area contributed by atoms with Gasteiger partial charge in [-0.3, -0.25) is 20.2 Å². The first-order valence-corrected chi connectivity index (χ1v) is 5.31. The van der Waals surface area contributed by atoms with Crippen molar-refractivity contribution in [2.75, 3.05) is 0 Å². The number of hydrogen-bond acceptors (Lipinski definition) is 3. The molecule has 0 radical (unpaired) electrons. The van der Waals surface area contributed by atoms with E-state index in [2.05, 4.69) is 17.2 Å². The van der Waals surface area contributed by atoms with Gasteiger partial charge in [0.1, 0.15) is 5.92 Å². The highest BCUT2D eigenvalue weighted by Crippen LogP contribution is 2.14. The summed E-state index contributed by atoms with van der Waals surface area (Å²) >= 11 is 0. The van der Waals surface area contributed by atoms with E-state index in [1.165, 1.54) is 0 Å². The maximum Gasteiger partial charge on any atom is 0.328 e. The molecule has 1 rings (SSSR count). The molecule has 0 saturated carbocycles. The summed E-state index contributed by atoms with van der Waals surface area (Å²) in [7, 11) is 0. The smallest absolute Gasteiger partial charge is 0.277 e. The summed E-state index contributed by atoms with van der Waals surface area (Å²) in [6.45, 7) is 5.72. The van der Waals surface area contributed by atoms with Crippen LogP contribution in [0.4, 0.5) is 4.79 Å². The standard InChI is InChI=1S/C11H16N2O3/c1-7(2)5-3-4-6-8-9(14)12-11(16)13-10(8)15/h8H,1,3-6H2,2H3,(H2,12,13,14,15,16).